The zero-order chi connectivity index (χ0) is 15.7. The van der Waals surface area contributed by atoms with Crippen molar-refractivity contribution in [2.75, 3.05) is 6.61 Å². The van der Waals surface area contributed by atoms with Crippen molar-refractivity contribution >= 4 is 0 Å². The van der Waals surface area contributed by atoms with Crippen LogP contribution in [0, 0.1) is 11.3 Å². The van der Waals surface area contributed by atoms with Gasteiger partial charge in [0.2, 0.25) is 0 Å². The Morgan fingerprint density at radius 3 is 2.67 bits per heavy atom. The normalized spacial score (nSPS) is 13.7. The maximum Gasteiger partial charge on any atom is 0.124 e. The summed E-state index contributed by atoms with van der Waals surface area (Å²) in [6, 6.07) is 10.1. The fourth-order valence-electron chi connectivity index (χ4n) is 2.34. The Morgan fingerprint density at radius 2 is 2.05 bits per heavy atom. The van der Waals surface area contributed by atoms with Gasteiger partial charge in [-0.3, -0.25) is 5.32 Å². The second-order valence-corrected chi connectivity index (χ2v) is 5.81. The Bertz CT molecular complexity index is 468. The number of nitriles is 1. The highest BCUT2D eigenvalue weighted by Gasteiger charge is 2.23. The van der Waals surface area contributed by atoms with Gasteiger partial charge in [-0.15, -0.1) is 0 Å². The van der Waals surface area contributed by atoms with Crippen LogP contribution < -0.4 is 10.1 Å². The SMILES string of the molecule is CC(C)NC(C)(C#N)CCCCOc1ccccc1CO. The van der Waals surface area contributed by atoms with Gasteiger partial charge in [0, 0.05) is 11.6 Å². The maximum absolute atomic E-state index is 9.27. The average Bonchev–Trinajstić information content (AvgIpc) is 2.46. The molecule has 1 atom stereocenters. The summed E-state index contributed by atoms with van der Waals surface area (Å²) in [7, 11) is 0. The quantitative estimate of drug-likeness (QED) is 0.686. The molecule has 0 spiro atoms. The Balaban J connectivity index is 2.33. The number of benzene rings is 1. The molecule has 1 rings (SSSR count). The van der Waals surface area contributed by atoms with Crippen LogP contribution in [0.25, 0.3) is 0 Å². The van der Waals surface area contributed by atoms with E-state index < -0.39 is 5.54 Å². The van der Waals surface area contributed by atoms with Gasteiger partial charge < -0.3 is 9.84 Å². The van der Waals surface area contributed by atoms with E-state index in [1.807, 2.05) is 45.0 Å². The number of hydrogen-bond acceptors (Lipinski definition) is 4. The van der Waals surface area contributed by atoms with Crippen LogP contribution in [0.3, 0.4) is 0 Å². The molecule has 0 amide bonds. The number of hydrogen-bond donors (Lipinski definition) is 2. The molecule has 116 valence electrons. The van der Waals surface area contributed by atoms with Gasteiger partial charge in [0.05, 0.1) is 19.3 Å². The molecule has 21 heavy (non-hydrogen) atoms. The smallest absolute Gasteiger partial charge is 0.124 e. The summed E-state index contributed by atoms with van der Waals surface area (Å²) < 4.78 is 5.69. The first-order valence-electron chi connectivity index (χ1n) is 7.51. The standard InChI is InChI=1S/C17H26N2O2/c1-14(2)19-17(3,13-18)10-6-7-11-21-16-9-5-4-8-15(16)12-20/h4-5,8-9,14,19-20H,6-7,10-12H2,1-3H3. The Kier molecular flexibility index (Phi) is 7.21. The molecule has 0 saturated heterocycles. The van der Waals surface area contributed by atoms with E-state index >= 15 is 0 Å². The Morgan fingerprint density at radius 1 is 1.33 bits per heavy atom. The lowest BCUT2D eigenvalue weighted by molar-refractivity contribution is 0.257. The van der Waals surface area contributed by atoms with E-state index in [0.29, 0.717) is 12.6 Å². The summed E-state index contributed by atoms with van der Waals surface area (Å²) >= 11 is 0. The molecule has 0 aliphatic rings. The summed E-state index contributed by atoms with van der Waals surface area (Å²) in [5.74, 6) is 0.739. The topological polar surface area (TPSA) is 65.3 Å². The summed E-state index contributed by atoms with van der Waals surface area (Å²) in [5, 5.41) is 21.8. The van der Waals surface area contributed by atoms with Crippen molar-refractivity contribution in [3.05, 3.63) is 29.8 Å². The molecule has 4 heteroatoms. The molecule has 0 aliphatic carbocycles. The van der Waals surface area contributed by atoms with Gasteiger partial charge in [-0.2, -0.15) is 5.26 Å². The second-order valence-electron chi connectivity index (χ2n) is 5.81. The van der Waals surface area contributed by atoms with E-state index in [1.165, 1.54) is 0 Å². The van der Waals surface area contributed by atoms with Crippen molar-refractivity contribution in [2.45, 2.75) is 58.2 Å². The number of nitrogens with zero attached hydrogens (tertiary/aromatic N) is 1. The van der Waals surface area contributed by atoms with E-state index in [2.05, 4.69) is 11.4 Å². The first-order valence-corrected chi connectivity index (χ1v) is 7.51. The molecule has 0 saturated carbocycles. The van der Waals surface area contributed by atoms with E-state index in [4.69, 9.17) is 4.74 Å². The summed E-state index contributed by atoms with van der Waals surface area (Å²) in [6.07, 6.45) is 2.61. The van der Waals surface area contributed by atoms with Crippen molar-refractivity contribution in [1.82, 2.24) is 5.32 Å². The van der Waals surface area contributed by atoms with Crippen LogP contribution in [0.2, 0.25) is 0 Å². The molecule has 1 unspecified atom stereocenters. The molecule has 1 aromatic carbocycles. The molecular weight excluding hydrogens is 264 g/mol. The van der Waals surface area contributed by atoms with Crippen molar-refractivity contribution in [1.29, 1.82) is 5.26 Å². The second kappa shape index (κ2) is 8.66. The van der Waals surface area contributed by atoms with Crippen molar-refractivity contribution in [3.8, 4) is 11.8 Å². The van der Waals surface area contributed by atoms with Crippen LogP contribution in [0.1, 0.15) is 45.6 Å². The zero-order valence-electron chi connectivity index (χ0n) is 13.2. The summed E-state index contributed by atoms with van der Waals surface area (Å²) in [5.41, 5.74) is 0.331. The zero-order valence-corrected chi connectivity index (χ0v) is 13.2. The Labute approximate surface area is 127 Å². The highest BCUT2D eigenvalue weighted by Crippen LogP contribution is 2.19. The van der Waals surface area contributed by atoms with Gasteiger partial charge in [0.1, 0.15) is 11.3 Å². The number of unbranched alkanes of at least 4 members (excludes halogenated alkanes) is 1. The molecule has 0 fully saturated rings. The van der Waals surface area contributed by atoms with Gasteiger partial charge in [-0.25, -0.2) is 0 Å². The van der Waals surface area contributed by atoms with Crippen LogP contribution in [-0.2, 0) is 6.61 Å². The first kappa shape index (κ1) is 17.5. The molecule has 0 aliphatic heterocycles. The molecular formula is C17H26N2O2. The number of aliphatic hydroxyl groups is 1. The third-order valence-corrected chi connectivity index (χ3v) is 3.33. The van der Waals surface area contributed by atoms with Crippen LogP contribution in [0.4, 0.5) is 0 Å². The maximum atomic E-state index is 9.27. The van der Waals surface area contributed by atoms with Crippen LogP contribution >= 0.6 is 0 Å². The summed E-state index contributed by atoms with van der Waals surface area (Å²) in [6.45, 7) is 6.62. The lowest BCUT2D eigenvalue weighted by Crippen LogP contribution is -2.44. The van der Waals surface area contributed by atoms with Gasteiger partial charge in [0.25, 0.3) is 0 Å². The number of nitrogens with one attached hydrogen (secondary N) is 1. The highest BCUT2D eigenvalue weighted by molar-refractivity contribution is 5.32. The molecule has 2 N–H and O–H groups in total. The van der Waals surface area contributed by atoms with E-state index in [0.717, 1.165) is 30.6 Å². The average molecular weight is 290 g/mol. The van der Waals surface area contributed by atoms with Gasteiger partial charge in [-0.05, 0) is 46.1 Å². The predicted molar refractivity (Wildman–Crippen MR) is 84.0 cm³/mol. The van der Waals surface area contributed by atoms with Gasteiger partial charge in [0.15, 0.2) is 0 Å². The number of ether oxygens (including phenoxy) is 1. The minimum Gasteiger partial charge on any atom is -0.493 e. The molecule has 1 aromatic rings. The highest BCUT2D eigenvalue weighted by atomic mass is 16.5. The van der Waals surface area contributed by atoms with Crippen LogP contribution in [-0.4, -0.2) is 23.3 Å². The molecule has 4 nitrogen and oxygen atoms in total. The largest absolute Gasteiger partial charge is 0.493 e. The third-order valence-electron chi connectivity index (χ3n) is 3.33. The van der Waals surface area contributed by atoms with Crippen LogP contribution in [0.15, 0.2) is 24.3 Å². The monoisotopic (exact) mass is 290 g/mol. The minimum atomic E-state index is -0.475. The third kappa shape index (κ3) is 6.16. The fourth-order valence-corrected chi connectivity index (χ4v) is 2.34. The first-order chi connectivity index (χ1) is 10.0. The number of para-hydroxylation sites is 1. The molecule has 0 aromatic heterocycles. The predicted octanol–water partition coefficient (Wildman–Crippen LogP) is 3.01. The van der Waals surface area contributed by atoms with Crippen molar-refractivity contribution < 1.29 is 9.84 Å². The molecule has 0 bridgehead atoms. The summed E-state index contributed by atoms with van der Waals surface area (Å²) in [4.78, 5) is 0. The van der Waals surface area contributed by atoms with Crippen molar-refractivity contribution in [3.63, 3.8) is 0 Å². The fraction of sp³-hybridized carbons (Fsp3) is 0.588. The van der Waals surface area contributed by atoms with E-state index in [9.17, 15) is 10.4 Å². The number of rotatable bonds is 9. The van der Waals surface area contributed by atoms with Gasteiger partial charge >= 0.3 is 0 Å². The van der Waals surface area contributed by atoms with E-state index in [-0.39, 0.29) is 6.61 Å². The lowest BCUT2D eigenvalue weighted by atomic mass is 9.96. The van der Waals surface area contributed by atoms with Crippen LogP contribution in [0.5, 0.6) is 5.75 Å². The van der Waals surface area contributed by atoms with Gasteiger partial charge in [-0.1, -0.05) is 18.2 Å². The molecule has 0 heterocycles. The number of aliphatic hydroxyl groups excluding tert-OH is 1. The lowest BCUT2D eigenvalue weighted by Gasteiger charge is -2.25. The molecule has 0 radical (unpaired) electrons. The minimum absolute atomic E-state index is 0.0129. The Hall–Kier alpha value is -1.57. The van der Waals surface area contributed by atoms with Crippen molar-refractivity contribution in [2.24, 2.45) is 0 Å². The van der Waals surface area contributed by atoms with E-state index in [1.54, 1.807) is 0 Å².